The minimum atomic E-state index is -0.983. The van der Waals surface area contributed by atoms with E-state index < -0.39 is 17.2 Å². The molecule has 0 bridgehead atoms. The van der Waals surface area contributed by atoms with Gasteiger partial charge in [0.05, 0.1) is 0 Å². The second kappa shape index (κ2) is 6.05. The van der Waals surface area contributed by atoms with Gasteiger partial charge < -0.3 is 4.74 Å². The summed E-state index contributed by atoms with van der Waals surface area (Å²) in [6, 6.07) is 3.57. The molecular formula is C14H18F2O2. The van der Waals surface area contributed by atoms with Crippen LogP contribution in [0.1, 0.15) is 32.8 Å². The highest BCUT2D eigenvalue weighted by Crippen LogP contribution is 2.21. The summed E-state index contributed by atoms with van der Waals surface area (Å²) in [7, 11) is 0. The third-order valence-electron chi connectivity index (χ3n) is 3.13. The summed E-state index contributed by atoms with van der Waals surface area (Å²) in [5.41, 5.74) is -1.18. The molecule has 0 aliphatic heterocycles. The minimum Gasteiger partial charge on any atom is -0.368 e. The highest BCUT2D eigenvalue weighted by Gasteiger charge is 2.32. The fourth-order valence-electron chi connectivity index (χ4n) is 1.75. The fraction of sp³-hybridized carbons (Fsp3) is 0.500. The normalized spacial score (nSPS) is 14.3. The average Bonchev–Trinajstić information content (AvgIpc) is 2.34. The van der Waals surface area contributed by atoms with Crippen LogP contribution < -0.4 is 0 Å². The Balaban J connectivity index is 2.93. The van der Waals surface area contributed by atoms with E-state index in [0.29, 0.717) is 13.0 Å². The molecule has 1 atom stereocenters. The van der Waals surface area contributed by atoms with E-state index in [9.17, 15) is 13.6 Å². The number of hydrogen-bond acceptors (Lipinski definition) is 2. The Morgan fingerprint density at radius 1 is 1.28 bits per heavy atom. The number of halogens is 2. The van der Waals surface area contributed by atoms with Crippen molar-refractivity contribution in [3.05, 3.63) is 35.4 Å². The molecule has 0 saturated carbocycles. The second-order valence-electron chi connectivity index (χ2n) is 4.32. The summed E-state index contributed by atoms with van der Waals surface area (Å²) in [5.74, 6) is -1.70. The molecule has 0 aliphatic rings. The SMILES string of the molecule is CCOC(C)(CC)C(=O)Cc1c(F)cccc1F. The van der Waals surface area contributed by atoms with Gasteiger partial charge in [-0.15, -0.1) is 0 Å². The van der Waals surface area contributed by atoms with Gasteiger partial charge in [-0.25, -0.2) is 8.78 Å². The maximum absolute atomic E-state index is 13.5. The van der Waals surface area contributed by atoms with E-state index in [1.54, 1.807) is 13.8 Å². The number of ketones is 1. The van der Waals surface area contributed by atoms with Crippen LogP contribution in [0, 0.1) is 11.6 Å². The lowest BCUT2D eigenvalue weighted by Crippen LogP contribution is -2.39. The van der Waals surface area contributed by atoms with Gasteiger partial charge in [-0.05, 0) is 32.4 Å². The van der Waals surface area contributed by atoms with Gasteiger partial charge in [-0.2, -0.15) is 0 Å². The molecule has 0 aromatic heterocycles. The largest absolute Gasteiger partial charge is 0.368 e. The predicted molar refractivity (Wildman–Crippen MR) is 65.4 cm³/mol. The van der Waals surface area contributed by atoms with E-state index in [1.807, 2.05) is 6.92 Å². The Morgan fingerprint density at radius 2 is 1.83 bits per heavy atom. The molecule has 0 aliphatic carbocycles. The van der Waals surface area contributed by atoms with Crippen LogP contribution in [0.15, 0.2) is 18.2 Å². The first-order valence-corrected chi connectivity index (χ1v) is 6.04. The molecule has 2 nitrogen and oxygen atoms in total. The molecule has 0 N–H and O–H groups in total. The van der Waals surface area contributed by atoms with Crippen molar-refractivity contribution in [1.29, 1.82) is 0 Å². The lowest BCUT2D eigenvalue weighted by atomic mass is 9.92. The molecule has 0 fully saturated rings. The summed E-state index contributed by atoms with van der Waals surface area (Å²) in [4.78, 5) is 12.1. The van der Waals surface area contributed by atoms with Crippen molar-refractivity contribution in [2.24, 2.45) is 0 Å². The zero-order valence-electron chi connectivity index (χ0n) is 10.9. The topological polar surface area (TPSA) is 26.3 Å². The minimum absolute atomic E-state index is 0.193. The van der Waals surface area contributed by atoms with Crippen LogP contribution in [0.4, 0.5) is 8.78 Å². The third-order valence-corrected chi connectivity index (χ3v) is 3.13. The molecule has 1 rings (SSSR count). The molecule has 1 aromatic carbocycles. The zero-order chi connectivity index (χ0) is 13.8. The van der Waals surface area contributed by atoms with Crippen molar-refractivity contribution in [3.63, 3.8) is 0 Å². The first-order chi connectivity index (χ1) is 8.44. The van der Waals surface area contributed by atoms with Crippen molar-refractivity contribution in [2.45, 2.75) is 39.2 Å². The summed E-state index contributed by atoms with van der Waals surface area (Å²) in [5, 5.41) is 0. The summed E-state index contributed by atoms with van der Waals surface area (Å²) in [6.07, 6.45) is 0.179. The van der Waals surface area contributed by atoms with Gasteiger partial charge in [0.2, 0.25) is 0 Å². The quantitative estimate of drug-likeness (QED) is 0.780. The van der Waals surface area contributed by atoms with Crippen LogP contribution >= 0.6 is 0 Å². The number of benzene rings is 1. The Labute approximate surface area is 106 Å². The standard InChI is InChI=1S/C14H18F2O2/c1-4-14(3,18-5-2)13(17)9-10-11(15)7-6-8-12(10)16/h6-8H,4-5,9H2,1-3H3. The van der Waals surface area contributed by atoms with Crippen LogP contribution in [0.2, 0.25) is 0 Å². The van der Waals surface area contributed by atoms with E-state index in [2.05, 4.69) is 0 Å². The number of hydrogen-bond donors (Lipinski definition) is 0. The highest BCUT2D eigenvalue weighted by atomic mass is 19.1. The second-order valence-corrected chi connectivity index (χ2v) is 4.32. The Morgan fingerprint density at radius 3 is 2.28 bits per heavy atom. The van der Waals surface area contributed by atoms with Gasteiger partial charge in [0.15, 0.2) is 5.78 Å². The lowest BCUT2D eigenvalue weighted by Gasteiger charge is -2.26. The van der Waals surface area contributed by atoms with Crippen LogP contribution in [0.3, 0.4) is 0 Å². The monoisotopic (exact) mass is 256 g/mol. The molecule has 100 valence electrons. The van der Waals surface area contributed by atoms with Crippen molar-refractivity contribution in [2.75, 3.05) is 6.61 Å². The molecule has 0 heterocycles. The van der Waals surface area contributed by atoms with E-state index in [4.69, 9.17) is 4.74 Å². The van der Waals surface area contributed by atoms with Crippen LogP contribution in [0.25, 0.3) is 0 Å². The fourth-order valence-corrected chi connectivity index (χ4v) is 1.75. The molecule has 4 heteroatoms. The average molecular weight is 256 g/mol. The van der Waals surface area contributed by atoms with Gasteiger partial charge >= 0.3 is 0 Å². The number of Topliss-reactive ketones (excluding diaryl/α,β-unsaturated/α-hetero) is 1. The van der Waals surface area contributed by atoms with Crippen molar-refractivity contribution in [1.82, 2.24) is 0 Å². The van der Waals surface area contributed by atoms with Crippen molar-refractivity contribution in [3.8, 4) is 0 Å². The maximum Gasteiger partial charge on any atom is 0.168 e. The summed E-state index contributed by atoms with van der Waals surface area (Å²) in [6.45, 7) is 5.63. The molecule has 0 amide bonds. The molecular weight excluding hydrogens is 238 g/mol. The van der Waals surface area contributed by atoms with E-state index >= 15 is 0 Å². The third kappa shape index (κ3) is 3.13. The molecule has 0 radical (unpaired) electrons. The first-order valence-electron chi connectivity index (χ1n) is 6.04. The maximum atomic E-state index is 13.5. The molecule has 1 unspecified atom stereocenters. The van der Waals surface area contributed by atoms with Crippen molar-refractivity contribution < 1.29 is 18.3 Å². The highest BCUT2D eigenvalue weighted by molar-refractivity contribution is 5.88. The van der Waals surface area contributed by atoms with Crippen LogP contribution in [-0.2, 0) is 16.0 Å². The van der Waals surface area contributed by atoms with Gasteiger partial charge in [-0.3, -0.25) is 4.79 Å². The Bertz CT molecular complexity index is 412. The summed E-state index contributed by atoms with van der Waals surface area (Å²) < 4.78 is 32.3. The molecule has 0 spiro atoms. The number of rotatable bonds is 6. The zero-order valence-corrected chi connectivity index (χ0v) is 10.9. The van der Waals surface area contributed by atoms with E-state index in [-0.39, 0.29) is 17.8 Å². The van der Waals surface area contributed by atoms with Gasteiger partial charge in [0.25, 0.3) is 0 Å². The predicted octanol–water partition coefficient (Wildman–Crippen LogP) is 3.28. The molecule has 0 saturated heterocycles. The van der Waals surface area contributed by atoms with Crippen molar-refractivity contribution >= 4 is 5.78 Å². The van der Waals surface area contributed by atoms with E-state index in [0.717, 1.165) is 12.1 Å². The Hall–Kier alpha value is -1.29. The lowest BCUT2D eigenvalue weighted by molar-refractivity contribution is -0.141. The van der Waals surface area contributed by atoms with Gasteiger partial charge in [0.1, 0.15) is 17.2 Å². The summed E-state index contributed by atoms with van der Waals surface area (Å²) >= 11 is 0. The van der Waals surface area contributed by atoms with Gasteiger partial charge in [0, 0.05) is 18.6 Å². The number of carbonyl (C=O) groups is 1. The smallest absolute Gasteiger partial charge is 0.168 e. The Kier molecular flexibility index (Phi) is 4.96. The number of carbonyl (C=O) groups excluding carboxylic acids is 1. The van der Waals surface area contributed by atoms with Crippen LogP contribution in [0.5, 0.6) is 0 Å². The van der Waals surface area contributed by atoms with Crippen LogP contribution in [-0.4, -0.2) is 18.0 Å². The van der Waals surface area contributed by atoms with E-state index in [1.165, 1.54) is 6.07 Å². The molecule has 18 heavy (non-hydrogen) atoms. The first kappa shape index (κ1) is 14.8. The van der Waals surface area contributed by atoms with Gasteiger partial charge in [-0.1, -0.05) is 13.0 Å². The molecule has 1 aromatic rings. The number of ether oxygens (including phenoxy) is 1.